The summed E-state index contributed by atoms with van der Waals surface area (Å²) in [7, 11) is 3.18. The third kappa shape index (κ3) is 4.87. The van der Waals surface area contributed by atoms with E-state index in [9.17, 15) is 4.79 Å². The van der Waals surface area contributed by atoms with Gasteiger partial charge in [0, 0.05) is 14.1 Å². The van der Waals surface area contributed by atoms with Crippen LogP contribution in [0.1, 0.15) is 0 Å². The van der Waals surface area contributed by atoms with Gasteiger partial charge in [-0.05, 0) is 0 Å². The van der Waals surface area contributed by atoms with Crippen LogP contribution in [0.2, 0.25) is 0 Å². The molecule has 0 spiro atoms. The van der Waals surface area contributed by atoms with Gasteiger partial charge in [0.1, 0.15) is 0 Å². The Morgan fingerprint density at radius 3 is 2.25 bits per heavy atom. The zero-order valence-corrected chi connectivity index (χ0v) is 4.70. The molecule has 1 amide bonds. The summed E-state index contributed by atoms with van der Waals surface area (Å²) < 4.78 is 0. The van der Waals surface area contributed by atoms with Crippen molar-refractivity contribution < 1.29 is 9.90 Å². The first-order valence-corrected chi connectivity index (χ1v) is 1.95. The molecule has 0 aromatic heterocycles. The van der Waals surface area contributed by atoms with E-state index in [4.69, 9.17) is 5.11 Å². The van der Waals surface area contributed by atoms with Crippen molar-refractivity contribution in [2.45, 2.75) is 0 Å². The van der Waals surface area contributed by atoms with Crippen LogP contribution in [0.5, 0.6) is 0 Å². The molecule has 0 aliphatic heterocycles. The highest BCUT2D eigenvalue weighted by Gasteiger charge is 1.85. The first-order chi connectivity index (χ1) is 3.63. The maximum atomic E-state index is 9.62. The molecule has 0 heterocycles. The predicted molar refractivity (Wildman–Crippen MR) is 26.6 cm³/mol. The molecule has 0 saturated carbocycles. The number of hydrogen-bond donors (Lipinski definition) is 1. The summed E-state index contributed by atoms with van der Waals surface area (Å²) in [5, 5.41) is 15.1. The van der Waals surface area contributed by atoms with E-state index in [-0.39, 0.29) is 0 Å². The summed E-state index contributed by atoms with van der Waals surface area (Å²) in [6, 6.07) is 0. The lowest BCUT2D eigenvalue weighted by atomic mass is 11.2. The van der Waals surface area contributed by atoms with Crippen molar-refractivity contribution in [2.24, 2.45) is 10.3 Å². The lowest BCUT2D eigenvalue weighted by molar-refractivity contribution is 0.200. The Labute approximate surface area is 46.6 Å². The van der Waals surface area contributed by atoms with E-state index in [1.807, 2.05) is 0 Å². The lowest BCUT2D eigenvalue weighted by Gasteiger charge is -1.96. The molecule has 5 heteroatoms. The average molecular weight is 117 g/mol. The predicted octanol–water partition coefficient (Wildman–Crippen LogP) is 0.593. The van der Waals surface area contributed by atoms with E-state index >= 15 is 0 Å². The lowest BCUT2D eigenvalue weighted by Crippen LogP contribution is -2.00. The molecule has 0 aliphatic carbocycles. The van der Waals surface area contributed by atoms with Crippen molar-refractivity contribution in [3.8, 4) is 0 Å². The molecule has 46 valence electrons. The van der Waals surface area contributed by atoms with Gasteiger partial charge in [0.05, 0.1) is 0 Å². The average Bonchev–Trinajstić information content (AvgIpc) is 1.61. The molecule has 0 aromatic rings. The van der Waals surface area contributed by atoms with E-state index in [2.05, 4.69) is 10.3 Å². The summed E-state index contributed by atoms with van der Waals surface area (Å²) in [5.74, 6) is 0. The summed E-state index contributed by atoms with van der Waals surface area (Å²) in [6.07, 6.45) is -1.28. The number of carboxylic acid groups (broad SMARTS) is 1. The molecule has 0 unspecified atom stereocenters. The summed E-state index contributed by atoms with van der Waals surface area (Å²) in [5.41, 5.74) is 0. The number of carbonyl (C=O) groups is 1. The minimum atomic E-state index is -1.28. The van der Waals surface area contributed by atoms with Gasteiger partial charge in [-0.25, -0.2) is 4.79 Å². The fourth-order valence-electron chi connectivity index (χ4n) is 0.128. The minimum Gasteiger partial charge on any atom is -0.462 e. The van der Waals surface area contributed by atoms with Crippen LogP contribution in [0.25, 0.3) is 0 Å². The zero-order chi connectivity index (χ0) is 6.57. The monoisotopic (exact) mass is 117 g/mol. The minimum absolute atomic E-state index is 1.28. The van der Waals surface area contributed by atoms with Crippen molar-refractivity contribution in [3.63, 3.8) is 0 Å². The maximum Gasteiger partial charge on any atom is 0.451 e. The highest BCUT2D eigenvalue weighted by atomic mass is 16.4. The number of hydrogen-bond acceptors (Lipinski definition) is 2. The molecule has 0 radical (unpaired) electrons. The van der Waals surface area contributed by atoms with Crippen LogP contribution in [0.15, 0.2) is 10.3 Å². The number of nitrogens with zero attached hydrogens (tertiary/aromatic N) is 3. The van der Waals surface area contributed by atoms with E-state index < -0.39 is 6.09 Å². The van der Waals surface area contributed by atoms with Gasteiger partial charge >= 0.3 is 6.09 Å². The Morgan fingerprint density at radius 1 is 1.62 bits per heavy atom. The first kappa shape index (κ1) is 6.87. The Morgan fingerprint density at radius 2 is 2.12 bits per heavy atom. The normalized spacial score (nSPS) is 9.75. The third-order valence-corrected chi connectivity index (χ3v) is 0.309. The van der Waals surface area contributed by atoms with Gasteiger partial charge in [-0.1, -0.05) is 10.3 Å². The van der Waals surface area contributed by atoms with Gasteiger partial charge in [-0.15, -0.1) is 0 Å². The second-order valence-corrected chi connectivity index (χ2v) is 1.32. The second kappa shape index (κ2) is 2.95. The Bertz CT molecular complexity index is 109. The molecule has 0 aromatic carbocycles. The molecule has 8 heavy (non-hydrogen) atoms. The molecule has 0 atom stereocenters. The van der Waals surface area contributed by atoms with Crippen LogP contribution >= 0.6 is 0 Å². The van der Waals surface area contributed by atoms with Crippen molar-refractivity contribution >= 4 is 6.09 Å². The van der Waals surface area contributed by atoms with Gasteiger partial charge in [0.25, 0.3) is 0 Å². The quantitative estimate of drug-likeness (QED) is 0.404. The van der Waals surface area contributed by atoms with Gasteiger partial charge in [-0.3, -0.25) is 5.01 Å². The molecule has 1 N–H and O–H groups in total. The standard InChI is InChI=1S/C3H7N3O2/c1-6(2)5-4-3(7)8/h1-2H3,(H,7,8)/b5-4+. The molecular formula is C3H7N3O2. The van der Waals surface area contributed by atoms with Crippen molar-refractivity contribution in [3.05, 3.63) is 0 Å². The van der Waals surface area contributed by atoms with Crippen LogP contribution in [0.4, 0.5) is 4.79 Å². The van der Waals surface area contributed by atoms with Crippen LogP contribution in [-0.2, 0) is 0 Å². The fourth-order valence-corrected chi connectivity index (χ4v) is 0.128. The summed E-state index contributed by atoms with van der Waals surface area (Å²) >= 11 is 0. The highest BCUT2D eigenvalue weighted by Crippen LogP contribution is 1.78. The fraction of sp³-hybridized carbons (Fsp3) is 0.667. The summed E-state index contributed by atoms with van der Waals surface area (Å²) in [6.45, 7) is 0. The Kier molecular flexibility index (Phi) is 2.53. The van der Waals surface area contributed by atoms with Crippen LogP contribution in [0.3, 0.4) is 0 Å². The molecule has 5 nitrogen and oxygen atoms in total. The van der Waals surface area contributed by atoms with Crippen molar-refractivity contribution in [1.29, 1.82) is 0 Å². The third-order valence-electron chi connectivity index (χ3n) is 0.309. The Hall–Kier alpha value is -1.13. The van der Waals surface area contributed by atoms with Crippen LogP contribution in [0, 0.1) is 0 Å². The van der Waals surface area contributed by atoms with Crippen molar-refractivity contribution in [2.75, 3.05) is 14.1 Å². The van der Waals surface area contributed by atoms with E-state index in [1.165, 1.54) is 5.01 Å². The molecule has 0 bridgehead atoms. The van der Waals surface area contributed by atoms with E-state index in [1.54, 1.807) is 14.1 Å². The maximum absolute atomic E-state index is 9.62. The van der Waals surface area contributed by atoms with E-state index in [0.717, 1.165) is 0 Å². The largest absolute Gasteiger partial charge is 0.462 e. The molecule has 0 aliphatic rings. The van der Waals surface area contributed by atoms with Gasteiger partial charge in [0.2, 0.25) is 0 Å². The van der Waals surface area contributed by atoms with Crippen LogP contribution in [-0.4, -0.2) is 30.3 Å². The molecule has 0 saturated heterocycles. The SMILES string of the molecule is CN(C)/N=N/C(=O)O. The number of amides is 1. The first-order valence-electron chi connectivity index (χ1n) is 1.95. The summed E-state index contributed by atoms with van der Waals surface area (Å²) in [4.78, 5) is 9.62. The second-order valence-electron chi connectivity index (χ2n) is 1.32. The topological polar surface area (TPSA) is 65.3 Å². The van der Waals surface area contributed by atoms with Crippen LogP contribution < -0.4 is 0 Å². The zero-order valence-electron chi connectivity index (χ0n) is 4.70. The van der Waals surface area contributed by atoms with Crippen molar-refractivity contribution in [1.82, 2.24) is 5.01 Å². The van der Waals surface area contributed by atoms with Gasteiger partial charge < -0.3 is 5.11 Å². The highest BCUT2D eigenvalue weighted by molar-refractivity contribution is 5.64. The van der Waals surface area contributed by atoms with E-state index in [0.29, 0.717) is 0 Å². The smallest absolute Gasteiger partial charge is 0.451 e. The number of rotatable bonds is 1. The molecular weight excluding hydrogens is 110 g/mol. The molecule has 0 fully saturated rings. The van der Waals surface area contributed by atoms with Gasteiger partial charge in [-0.2, -0.15) is 0 Å². The van der Waals surface area contributed by atoms with Gasteiger partial charge in [0.15, 0.2) is 0 Å². The Balaban J connectivity index is 3.50. The molecule has 0 rings (SSSR count).